The molecule has 0 aliphatic heterocycles. The molecule has 0 aliphatic rings. The largest absolute Gasteiger partial charge is 0.673 e. The first kappa shape index (κ1) is 20.1. The fourth-order valence-electron chi connectivity index (χ4n) is 2.00. The number of benzene rings is 3. The van der Waals surface area contributed by atoms with Gasteiger partial charge in [-0.2, -0.15) is 0 Å². The van der Waals surface area contributed by atoms with Gasteiger partial charge in [-0.3, -0.25) is 0 Å². The summed E-state index contributed by atoms with van der Waals surface area (Å²) in [6.07, 6.45) is 0. The Morgan fingerprint density at radius 2 is 0.923 bits per heavy atom. The van der Waals surface area contributed by atoms with Gasteiger partial charge in [-0.25, -0.2) is 0 Å². The van der Waals surface area contributed by atoms with E-state index in [-0.39, 0.29) is 0 Å². The van der Waals surface area contributed by atoms with E-state index >= 15 is 0 Å². The van der Waals surface area contributed by atoms with Crippen molar-refractivity contribution in [2.24, 2.45) is 0 Å². The predicted octanol–water partition coefficient (Wildman–Crippen LogP) is 4.19. The molecule has 0 nitrogen and oxygen atoms in total. The summed E-state index contributed by atoms with van der Waals surface area (Å²) in [4.78, 5) is 0. The molecule has 0 aliphatic carbocycles. The molecule has 0 spiro atoms. The van der Waals surface area contributed by atoms with Crippen LogP contribution in [0.2, 0.25) is 0 Å². The molecular formula is C20H15BF4Te. The van der Waals surface area contributed by atoms with Crippen LogP contribution in [0.1, 0.15) is 5.56 Å². The van der Waals surface area contributed by atoms with Crippen LogP contribution in [0.15, 0.2) is 91.0 Å². The topological polar surface area (TPSA) is 0 Å². The predicted molar refractivity (Wildman–Crippen MR) is 101 cm³/mol. The van der Waals surface area contributed by atoms with Gasteiger partial charge in [-0.15, -0.1) is 0 Å². The molecule has 0 aromatic heterocycles. The van der Waals surface area contributed by atoms with Crippen LogP contribution in [0.5, 0.6) is 0 Å². The van der Waals surface area contributed by atoms with E-state index in [0.717, 1.165) is 5.56 Å². The zero-order valence-corrected chi connectivity index (χ0v) is 16.0. The van der Waals surface area contributed by atoms with E-state index < -0.39 is 26.8 Å². The molecule has 0 bridgehead atoms. The average Bonchev–Trinajstić information content (AvgIpc) is 2.63. The minimum absolute atomic E-state index is 1.09. The summed E-state index contributed by atoms with van der Waals surface area (Å²) >= 11 is -1.84. The SMILES string of the molecule is C(#[13C]c1ccccc1)[Te+](c1ccccc1)c1ccccc1.F[B-](F)(F)F. The normalized spacial score (nSPS) is 10.3. The second-order valence-electron chi connectivity index (χ2n) is 5.02. The van der Waals surface area contributed by atoms with Crippen molar-refractivity contribution in [2.75, 3.05) is 0 Å². The average molecular weight is 471 g/mol. The van der Waals surface area contributed by atoms with E-state index in [4.69, 9.17) is 0 Å². The molecule has 3 rings (SSSR count). The molecule has 0 atom stereocenters. The number of halogens is 4. The minimum atomic E-state index is -6.00. The van der Waals surface area contributed by atoms with Gasteiger partial charge in [0, 0.05) is 0 Å². The van der Waals surface area contributed by atoms with E-state index in [2.05, 4.69) is 82.7 Å². The van der Waals surface area contributed by atoms with E-state index in [1.807, 2.05) is 18.2 Å². The molecule has 0 heterocycles. The quantitative estimate of drug-likeness (QED) is 0.228. The third-order valence-corrected chi connectivity index (χ3v) is 8.15. The molecule has 0 amide bonds. The molecule has 0 N–H and O–H groups in total. The summed E-state index contributed by atoms with van der Waals surface area (Å²) in [5.41, 5.74) is 1.09. The first-order valence-electron chi connectivity index (χ1n) is 7.72. The van der Waals surface area contributed by atoms with Crippen molar-refractivity contribution in [3.63, 3.8) is 0 Å². The van der Waals surface area contributed by atoms with Gasteiger partial charge in [0.1, 0.15) is 0 Å². The summed E-state index contributed by atoms with van der Waals surface area (Å²) in [6.45, 7) is 0. The van der Waals surface area contributed by atoms with Gasteiger partial charge >= 0.3 is 140 Å². The van der Waals surface area contributed by atoms with Crippen molar-refractivity contribution in [1.82, 2.24) is 0 Å². The third kappa shape index (κ3) is 7.78. The van der Waals surface area contributed by atoms with Crippen LogP contribution < -0.4 is 7.22 Å². The molecule has 0 saturated heterocycles. The van der Waals surface area contributed by atoms with Crippen LogP contribution >= 0.6 is 0 Å². The van der Waals surface area contributed by atoms with Crippen molar-refractivity contribution in [3.8, 4) is 9.89 Å². The second-order valence-corrected chi connectivity index (χ2v) is 10.0. The Balaban J connectivity index is 0.000000431. The van der Waals surface area contributed by atoms with Crippen LogP contribution in [-0.2, 0) is 0 Å². The van der Waals surface area contributed by atoms with Crippen LogP contribution in [-0.4, -0.2) is 26.8 Å². The Morgan fingerprint density at radius 3 is 1.31 bits per heavy atom. The Labute approximate surface area is 157 Å². The maximum Gasteiger partial charge on any atom is 0.673 e. The van der Waals surface area contributed by atoms with E-state index in [1.165, 1.54) is 7.22 Å². The van der Waals surface area contributed by atoms with Crippen molar-refractivity contribution in [1.29, 1.82) is 0 Å². The fraction of sp³-hybridized carbons (Fsp3) is 0. The van der Waals surface area contributed by atoms with Crippen molar-refractivity contribution >= 4 is 34.0 Å². The first-order valence-corrected chi connectivity index (χ1v) is 11.2. The molecule has 0 fully saturated rings. The van der Waals surface area contributed by atoms with Gasteiger partial charge in [0.2, 0.25) is 0 Å². The van der Waals surface area contributed by atoms with Crippen LogP contribution in [0.3, 0.4) is 0 Å². The molecular weight excluding hydrogens is 456 g/mol. The maximum absolute atomic E-state index is 9.75. The number of rotatable bonds is 2. The maximum atomic E-state index is 9.75. The van der Waals surface area contributed by atoms with Gasteiger partial charge in [-0.1, -0.05) is 0 Å². The molecule has 3 aromatic rings. The Kier molecular flexibility index (Phi) is 7.79. The summed E-state index contributed by atoms with van der Waals surface area (Å²) in [5.74, 6) is 3.37. The summed E-state index contributed by atoms with van der Waals surface area (Å²) in [7, 11) is -6.00. The molecule has 0 radical (unpaired) electrons. The Bertz CT molecular complexity index is 795. The van der Waals surface area contributed by atoms with Gasteiger partial charge in [-0.05, 0) is 0 Å². The zero-order valence-electron chi connectivity index (χ0n) is 13.7. The molecule has 132 valence electrons. The van der Waals surface area contributed by atoms with Crippen molar-refractivity contribution in [3.05, 3.63) is 96.6 Å². The van der Waals surface area contributed by atoms with Gasteiger partial charge in [0.05, 0.1) is 0 Å². The van der Waals surface area contributed by atoms with Crippen molar-refractivity contribution < 1.29 is 17.3 Å². The number of hydrogen-bond donors (Lipinski definition) is 0. The van der Waals surface area contributed by atoms with E-state index in [9.17, 15) is 17.3 Å². The third-order valence-electron chi connectivity index (χ3n) is 3.03. The first-order chi connectivity index (χ1) is 12.4. The summed E-state index contributed by atoms with van der Waals surface area (Å²) in [6, 6.07) is 31.6. The van der Waals surface area contributed by atoms with Crippen LogP contribution in [0.4, 0.5) is 17.3 Å². The molecule has 26 heavy (non-hydrogen) atoms. The number of hydrogen-bond acceptors (Lipinski definition) is 0. The fourth-order valence-corrected chi connectivity index (χ4v) is 6.53. The summed E-state index contributed by atoms with van der Waals surface area (Å²) < 4.78 is 45.4. The van der Waals surface area contributed by atoms with Gasteiger partial charge < -0.3 is 17.3 Å². The summed E-state index contributed by atoms with van der Waals surface area (Å²) in [5, 5.41) is 0. The minimum Gasteiger partial charge on any atom is -0.418 e. The van der Waals surface area contributed by atoms with Crippen LogP contribution in [0, 0.1) is 9.89 Å². The zero-order chi connectivity index (χ0) is 18.8. The smallest absolute Gasteiger partial charge is 0.418 e. The molecule has 0 unspecified atom stereocenters. The Morgan fingerprint density at radius 1 is 0.577 bits per heavy atom. The molecule has 3 aromatic carbocycles. The second kappa shape index (κ2) is 10.1. The molecule has 6 heteroatoms. The monoisotopic (exact) mass is 473 g/mol. The van der Waals surface area contributed by atoms with Crippen molar-refractivity contribution in [2.45, 2.75) is 0 Å². The Hall–Kier alpha value is -2.21. The molecule has 0 saturated carbocycles. The van der Waals surface area contributed by atoms with Crippen LogP contribution in [0.25, 0.3) is 0 Å². The van der Waals surface area contributed by atoms with Gasteiger partial charge in [0.15, 0.2) is 0 Å². The van der Waals surface area contributed by atoms with E-state index in [1.54, 1.807) is 0 Å². The standard InChI is InChI=1S/C20H15Te.BF4/c1-4-10-18(11-5-1)16-17-21(19-12-6-2-7-13-19)20-14-8-3-9-15-20;2-1(3,4)5/h1-15H;/q+1;-1/i16+1;. The van der Waals surface area contributed by atoms with Gasteiger partial charge in [0.25, 0.3) is 0 Å². The van der Waals surface area contributed by atoms with E-state index in [0.29, 0.717) is 0 Å².